The Hall–Kier alpha value is -1.56. The van der Waals surface area contributed by atoms with Crippen LogP contribution in [0.2, 0.25) is 0 Å². The molecule has 1 aromatic carbocycles. The van der Waals surface area contributed by atoms with Gasteiger partial charge < -0.3 is 10.5 Å². The number of unbranched alkanes of at least 4 members (excludes halogenated alkanes) is 1. The van der Waals surface area contributed by atoms with E-state index in [1.807, 2.05) is 18.2 Å². The number of carbonyl (C=O) groups is 1. The van der Waals surface area contributed by atoms with E-state index in [0.29, 0.717) is 11.7 Å². The molecule has 4 nitrogen and oxygen atoms in total. The van der Waals surface area contributed by atoms with Crippen molar-refractivity contribution >= 4 is 27.0 Å². The maximum Gasteiger partial charge on any atom is 0.249 e. The molecule has 0 unspecified atom stereocenters. The molecular weight excluding hydrogens is 416 g/mol. The summed E-state index contributed by atoms with van der Waals surface area (Å²) < 4.78 is 8.22. The van der Waals surface area contributed by atoms with Crippen LogP contribution in [-0.4, -0.2) is 47.8 Å². The van der Waals surface area contributed by atoms with E-state index < -0.39 is 15.3 Å². The van der Waals surface area contributed by atoms with Crippen molar-refractivity contribution in [3.8, 4) is 0 Å². The second kappa shape index (κ2) is 15.3. The third kappa shape index (κ3) is 9.13. The molecule has 3 rings (SSSR count). The second-order valence-corrected chi connectivity index (χ2v) is 11.4. The smallest absolute Gasteiger partial charge is 0.249 e. The molecule has 182 valence electrons. The van der Waals surface area contributed by atoms with Gasteiger partial charge in [0.05, 0.1) is 11.7 Å². The number of carbonyl (C=O) groups excluding carboxylic acids is 1. The number of amides is 1. The Morgan fingerprint density at radius 2 is 1.69 bits per heavy atom. The predicted molar refractivity (Wildman–Crippen MR) is 144 cm³/mol. The minimum atomic E-state index is -1.71. The maximum absolute atomic E-state index is 11.7. The zero-order valence-corrected chi connectivity index (χ0v) is 21.3. The van der Waals surface area contributed by atoms with Gasteiger partial charge in [-0.3, -0.25) is 9.10 Å². The first-order valence-electron chi connectivity index (χ1n) is 12.1. The summed E-state index contributed by atoms with van der Waals surface area (Å²) in [7, 11) is -1.71. The van der Waals surface area contributed by atoms with Gasteiger partial charge in [-0.1, -0.05) is 76.2 Å². The first-order chi connectivity index (χ1) is 15.4. The fourth-order valence-corrected chi connectivity index (χ4v) is 6.29. The van der Waals surface area contributed by atoms with Gasteiger partial charge in [0.2, 0.25) is 5.91 Å². The van der Waals surface area contributed by atoms with Crippen molar-refractivity contribution in [1.82, 2.24) is 4.31 Å². The Labute approximate surface area is 197 Å². The highest BCUT2D eigenvalue weighted by Crippen LogP contribution is 2.40. The Balaban J connectivity index is 0.000000477. The lowest BCUT2D eigenvalue weighted by atomic mass is 9.91. The Kier molecular flexibility index (Phi) is 13.6. The molecule has 0 spiro atoms. The molecule has 0 bridgehead atoms. The Morgan fingerprint density at radius 1 is 1.09 bits per heavy atom. The van der Waals surface area contributed by atoms with Crippen LogP contribution < -0.4 is 5.73 Å². The number of piperidine rings is 1. The van der Waals surface area contributed by atoms with Gasteiger partial charge >= 0.3 is 0 Å². The van der Waals surface area contributed by atoms with E-state index in [1.54, 1.807) is 6.07 Å². The lowest BCUT2D eigenvalue weighted by molar-refractivity contribution is 0.0210. The molecule has 1 heterocycles. The highest BCUT2D eigenvalue weighted by molar-refractivity contribution is 8.25. The van der Waals surface area contributed by atoms with Crippen LogP contribution >= 0.6 is 9.39 Å². The minimum Gasteiger partial charge on any atom is -0.378 e. The summed E-state index contributed by atoms with van der Waals surface area (Å²) in [6.07, 6.45) is 12.0. The second-order valence-electron chi connectivity index (χ2n) is 8.80. The average Bonchev–Trinajstić information content (AvgIpc) is 2.82. The van der Waals surface area contributed by atoms with Crippen molar-refractivity contribution in [2.45, 2.75) is 82.6 Å². The standard InChI is InChI=1S/C18H28N2O2S.C7H14.C2H4/c1-4-5-14-22-15-10-12-20(13-11-15)23(2,3)17-9-7-6-8-16(17)18(19)21;1-7-5-3-2-4-6-7;1-2/h6-9,15H,2-5,10-14H2,1H3,(H2,19,21);7H,2-6H2,1H3;1-2H2. The minimum absolute atomic E-state index is 0.333. The van der Waals surface area contributed by atoms with Gasteiger partial charge in [0, 0.05) is 24.6 Å². The molecule has 1 saturated carbocycles. The third-order valence-electron chi connectivity index (χ3n) is 6.20. The molecule has 0 radical (unpaired) electrons. The molecule has 0 atom stereocenters. The van der Waals surface area contributed by atoms with Gasteiger partial charge in [0.15, 0.2) is 0 Å². The van der Waals surface area contributed by atoms with Crippen LogP contribution in [0.15, 0.2) is 42.3 Å². The van der Waals surface area contributed by atoms with Crippen LogP contribution in [0.1, 0.15) is 82.0 Å². The number of rotatable bonds is 7. The van der Waals surface area contributed by atoms with Crippen LogP contribution in [0.5, 0.6) is 0 Å². The van der Waals surface area contributed by atoms with Gasteiger partial charge in [-0.05, 0) is 37.3 Å². The average molecular weight is 463 g/mol. The molecule has 1 saturated heterocycles. The van der Waals surface area contributed by atoms with Gasteiger partial charge in [0.25, 0.3) is 0 Å². The zero-order chi connectivity index (χ0) is 24.0. The molecule has 2 fully saturated rings. The molecule has 2 N–H and O–H groups in total. The quantitative estimate of drug-likeness (QED) is 0.290. The third-order valence-corrected chi connectivity index (χ3v) is 8.73. The van der Waals surface area contributed by atoms with Crippen LogP contribution in [0.4, 0.5) is 0 Å². The summed E-state index contributed by atoms with van der Waals surface area (Å²) in [4.78, 5) is 12.6. The summed E-state index contributed by atoms with van der Waals surface area (Å²) in [6.45, 7) is 13.2. The van der Waals surface area contributed by atoms with E-state index in [0.717, 1.165) is 56.2 Å². The van der Waals surface area contributed by atoms with Crippen LogP contribution in [0, 0.1) is 5.92 Å². The zero-order valence-electron chi connectivity index (χ0n) is 20.5. The Bertz CT molecular complexity index is 762. The molecule has 2 aliphatic rings. The van der Waals surface area contributed by atoms with Crippen molar-refractivity contribution in [2.24, 2.45) is 11.7 Å². The van der Waals surface area contributed by atoms with Crippen molar-refractivity contribution < 1.29 is 9.53 Å². The van der Waals surface area contributed by atoms with E-state index in [9.17, 15) is 4.79 Å². The van der Waals surface area contributed by atoms with Gasteiger partial charge in [0.1, 0.15) is 0 Å². The molecule has 1 aromatic rings. The van der Waals surface area contributed by atoms with Gasteiger partial charge in [-0.15, -0.1) is 22.6 Å². The predicted octanol–water partition coefficient (Wildman–Crippen LogP) is 6.40. The summed E-state index contributed by atoms with van der Waals surface area (Å²) >= 11 is 0. The lowest BCUT2D eigenvalue weighted by Crippen LogP contribution is -2.35. The van der Waals surface area contributed by atoms with Crippen molar-refractivity contribution in [1.29, 1.82) is 0 Å². The summed E-state index contributed by atoms with van der Waals surface area (Å²) in [5, 5.41) is 0. The first-order valence-corrected chi connectivity index (χ1v) is 14.0. The number of benzene rings is 1. The number of nitrogens with zero attached hydrogens (tertiary/aromatic N) is 1. The van der Waals surface area contributed by atoms with E-state index in [2.05, 4.69) is 43.1 Å². The number of ether oxygens (including phenoxy) is 1. The number of hydrogen-bond donors (Lipinski definition) is 1. The highest BCUT2D eigenvalue weighted by atomic mass is 32.2. The van der Waals surface area contributed by atoms with E-state index in [1.165, 1.54) is 32.1 Å². The first kappa shape index (κ1) is 28.5. The highest BCUT2D eigenvalue weighted by Gasteiger charge is 2.24. The molecule has 1 amide bonds. The van der Waals surface area contributed by atoms with Crippen LogP contribution in [0.25, 0.3) is 0 Å². The summed E-state index contributed by atoms with van der Waals surface area (Å²) in [6, 6.07) is 7.43. The normalized spacial score (nSPS) is 18.1. The summed E-state index contributed by atoms with van der Waals surface area (Å²) in [5.74, 6) is 9.34. The van der Waals surface area contributed by atoms with E-state index in [-0.39, 0.29) is 0 Å². The molecule has 32 heavy (non-hydrogen) atoms. The molecule has 1 aliphatic heterocycles. The van der Waals surface area contributed by atoms with Crippen molar-refractivity contribution in [2.75, 3.05) is 19.7 Å². The SMILES string of the molecule is C=C.C=S(=C)(c1ccccc1C(N)=O)N1CCC(OCCCC)CC1.CC1CCCCC1. The van der Waals surface area contributed by atoms with Crippen LogP contribution in [0.3, 0.4) is 0 Å². The monoisotopic (exact) mass is 462 g/mol. The van der Waals surface area contributed by atoms with Gasteiger partial charge in [-0.25, -0.2) is 0 Å². The van der Waals surface area contributed by atoms with Crippen molar-refractivity contribution in [3.05, 3.63) is 43.0 Å². The van der Waals surface area contributed by atoms with Crippen LogP contribution in [-0.2, 0) is 4.74 Å². The largest absolute Gasteiger partial charge is 0.378 e. The fraction of sp³-hybridized carbons (Fsp3) is 0.593. The molecule has 5 heteroatoms. The molecule has 0 aromatic heterocycles. The number of nitrogens with two attached hydrogens (primary N) is 1. The van der Waals surface area contributed by atoms with Crippen molar-refractivity contribution in [3.63, 3.8) is 0 Å². The molecular formula is C27H46N2O2S. The maximum atomic E-state index is 11.7. The van der Waals surface area contributed by atoms with E-state index in [4.69, 9.17) is 10.5 Å². The lowest BCUT2D eigenvalue weighted by Gasteiger charge is -2.37. The topological polar surface area (TPSA) is 55.6 Å². The van der Waals surface area contributed by atoms with E-state index >= 15 is 0 Å². The summed E-state index contributed by atoms with van der Waals surface area (Å²) in [5.41, 5.74) is 6.05. The fourth-order valence-electron chi connectivity index (χ4n) is 4.19. The molecule has 1 aliphatic carbocycles. The number of hydrogen-bond acceptors (Lipinski definition) is 3. The Morgan fingerprint density at radius 3 is 2.19 bits per heavy atom. The number of primary amides is 1. The van der Waals surface area contributed by atoms with Gasteiger partial charge in [-0.2, -0.15) is 0 Å².